The molecule has 0 amide bonds. The molecule has 0 spiro atoms. The van der Waals surface area contributed by atoms with E-state index in [1.54, 1.807) is 19.2 Å². The summed E-state index contributed by atoms with van der Waals surface area (Å²) >= 11 is 1.36. The fourth-order valence-electron chi connectivity index (χ4n) is 0.629. The lowest BCUT2D eigenvalue weighted by Crippen LogP contribution is -1.86. The first-order valence-corrected chi connectivity index (χ1v) is 3.82. The minimum absolute atomic E-state index is 0.150. The van der Waals surface area contributed by atoms with Gasteiger partial charge in [-0.15, -0.1) is 0 Å². The van der Waals surface area contributed by atoms with Gasteiger partial charge in [-0.2, -0.15) is 4.39 Å². The van der Waals surface area contributed by atoms with Gasteiger partial charge in [0.05, 0.1) is 0 Å². The van der Waals surface area contributed by atoms with Crippen molar-refractivity contribution in [3.05, 3.63) is 23.8 Å². The largest absolute Gasteiger partial charge is 0.267 e. The van der Waals surface area contributed by atoms with Crippen molar-refractivity contribution in [2.75, 3.05) is 6.26 Å². The summed E-state index contributed by atoms with van der Waals surface area (Å²) in [6.07, 6.45) is 3.55. The predicted molar refractivity (Wildman–Crippen MR) is 38.0 cm³/mol. The molecule has 0 aliphatic heterocycles. The molecule has 9 heavy (non-hydrogen) atoms. The van der Waals surface area contributed by atoms with Crippen LogP contribution in [0.5, 0.6) is 0 Å². The molecule has 0 aliphatic carbocycles. The zero-order valence-electron chi connectivity index (χ0n) is 5.39. The van der Waals surface area contributed by atoms with Crippen LogP contribution in [0.1, 0.15) is 5.56 Å². The second kappa shape index (κ2) is 2.43. The smallest absolute Gasteiger partial charge is 0.206 e. The first kappa shape index (κ1) is 6.68. The molecular weight excluding hydrogens is 137 g/mol. The van der Waals surface area contributed by atoms with Crippen molar-refractivity contribution in [1.82, 2.24) is 3.97 Å². The van der Waals surface area contributed by atoms with Crippen LogP contribution in [0.3, 0.4) is 0 Å². The van der Waals surface area contributed by atoms with Gasteiger partial charge < -0.3 is 0 Å². The van der Waals surface area contributed by atoms with Crippen LogP contribution in [0.25, 0.3) is 0 Å². The Bertz CT molecular complexity index is 207. The van der Waals surface area contributed by atoms with Gasteiger partial charge in [-0.05, 0) is 24.9 Å². The zero-order valence-corrected chi connectivity index (χ0v) is 6.20. The SMILES string of the molecule is CSn1ccc(C)c1F. The summed E-state index contributed by atoms with van der Waals surface area (Å²) < 4.78 is 14.2. The van der Waals surface area contributed by atoms with Crippen LogP contribution in [0.2, 0.25) is 0 Å². The van der Waals surface area contributed by atoms with Gasteiger partial charge in [0.2, 0.25) is 5.95 Å². The average molecular weight is 145 g/mol. The van der Waals surface area contributed by atoms with Crippen molar-refractivity contribution in [2.24, 2.45) is 0 Å². The molecule has 0 bridgehead atoms. The van der Waals surface area contributed by atoms with E-state index in [4.69, 9.17) is 0 Å². The van der Waals surface area contributed by atoms with Gasteiger partial charge >= 0.3 is 0 Å². The van der Waals surface area contributed by atoms with Crippen LogP contribution in [0.4, 0.5) is 4.39 Å². The maximum absolute atomic E-state index is 12.7. The van der Waals surface area contributed by atoms with Crippen LogP contribution in [-0.4, -0.2) is 10.2 Å². The Morgan fingerprint density at radius 2 is 2.33 bits per heavy atom. The van der Waals surface area contributed by atoms with Crippen molar-refractivity contribution < 1.29 is 4.39 Å². The molecule has 0 saturated carbocycles. The quantitative estimate of drug-likeness (QED) is 0.585. The molecular formula is C6H8FNS. The van der Waals surface area contributed by atoms with E-state index in [2.05, 4.69) is 0 Å². The van der Waals surface area contributed by atoms with E-state index < -0.39 is 0 Å². The molecule has 50 valence electrons. The van der Waals surface area contributed by atoms with E-state index in [-0.39, 0.29) is 5.95 Å². The monoisotopic (exact) mass is 145 g/mol. The Kier molecular flexibility index (Phi) is 1.81. The molecule has 0 aliphatic rings. The maximum atomic E-state index is 12.7. The molecule has 0 radical (unpaired) electrons. The zero-order chi connectivity index (χ0) is 6.85. The second-order valence-corrected chi connectivity index (χ2v) is 2.56. The highest BCUT2D eigenvalue weighted by atomic mass is 32.2. The van der Waals surface area contributed by atoms with Crippen LogP contribution < -0.4 is 0 Å². The Balaban J connectivity index is 3.04. The minimum Gasteiger partial charge on any atom is -0.267 e. The predicted octanol–water partition coefficient (Wildman–Crippen LogP) is 2.06. The number of hydrogen-bond acceptors (Lipinski definition) is 1. The summed E-state index contributed by atoms with van der Waals surface area (Å²) in [5.41, 5.74) is 0.698. The Morgan fingerprint density at radius 3 is 2.56 bits per heavy atom. The van der Waals surface area contributed by atoms with Crippen LogP contribution >= 0.6 is 11.9 Å². The van der Waals surface area contributed by atoms with Crippen molar-refractivity contribution in [3.8, 4) is 0 Å². The van der Waals surface area contributed by atoms with Gasteiger partial charge in [0.15, 0.2) is 0 Å². The van der Waals surface area contributed by atoms with Crippen molar-refractivity contribution >= 4 is 11.9 Å². The third-order valence-corrected chi connectivity index (χ3v) is 1.85. The van der Waals surface area contributed by atoms with E-state index in [0.29, 0.717) is 5.56 Å². The summed E-state index contributed by atoms with van der Waals surface area (Å²) in [4.78, 5) is 0. The average Bonchev–Trinajstić information content (AvgIpc) is 2.15. The van der Waals surface area contributed by atoms with Gasteiger partial charge in [-0.1, -0.05) is 0 Å². The molecule has 1 aromatic heterocycles. The molecule has 1 nitrogen and oxygen atoms in total. The fraction of sp³-hybridized carbons (Fsp3) is 0.333. The second-order valence-electron chi connectivity index (χ2n) is 1.80. The standard InChI is InChI=1S/C6H8FNS/c1-5-3-4-8(9-2)6(5)7/h3-4H,1-2H3. The van der Waals surface area contributed by atoms with Gasteiger partial charge in [-0.25, -0.2) is 0 Å². The summed E-state index contributed by atoms with van der Waals surface area (Å²) in [6, 6.07) is 1.76. The number of hydrogen-bond donors (Lipinski definition) is 0. The topological polar surface area (TPSA) is 4.93 Å². The molecule has 0 fully saturated rings. The van der Waals surface area contributed by atoms with Crippen LogP contribution in [-0.2, 0) is 0 Å². The Labute approximate surface area is 58.0 Å². The van der Waals surface area contributed by atoms with E-state index in [1.807, 2.05) is 6.26 Å². The number of aromatic nitrogens is 1. The van der Waals surface area contributed by atoms with Crippen molar-refractivity contribution in [2.45, 2.75) is 6.92 Å². The van der Waals surface area contributed by atoms with Gasteiger partial charge in [0.1, 0.15) is 0 Å². The van der Waals surface area contributed by atoms with Crippen molar-refractivity contribution in [1.29, 1.82) is 0 Å². The number of nitrogens with zero attached hydrogens (tertiary/aromatic N) is 1. The summed E-state index contributed by atoms with van der Waals surface area (Å²) in [6.45, 7) is 1.75. The number of aryl methyl sites for hydroxylation is 1. The lowest BCUT2D eigenvalue weighted by atomic mass is 10.4. The molecule has 0 aromatic carbocycles. The maximum Gasteiger partial charge on any atom is 0.206 e. The summed E-state index contributed by atoms with van der Waals surface area (Å²) in [5.74, 6) is -0.150. The van der Waals surface area contributed by atoms with Gasteiger partial charge in [-0.3, -0.25) is 3.97 Å². The molecule has 3 heteroatoms. The van der Waals surface area contributed by atoms with Crippen LogP contribution in [0, 0.1) is 12.9 Å². The fourth-order valence-corrected chi connectivity index (χ4v) is 1.12. The summed E-state index contributed by atoms with van der Waals surface area (Å²) in [7, 11) is 0. The van der Waals surface area contributed by atoms with E-state index >= 15 is 0 Å². The third kappa shape index (κ3) is 1.10. The first-order valence-electron chi connectivity index (χ1n) is 2.63. The van der Waals surface area contributed by atoms with E-state index in [1.165, 1.54) is 15.9 Å². The highest BCUT2D eigenvalue weighted by molar-refractivity contribution is 7.97. The summed E-state index contributed by atoms with van der Waals surface area (Å²) in [5, 5.41) is 0. The number of rotatable bonds is 1. The lowest BCUT2D eigenvalue weighted by Gasteiger charge is -1.94. The van der Waals surface area contributed by atoms with Crippen LogP contribution in [0.15, 0.2) is 12.3 Å². The Hall–Kier alpha value is -0.440. The normalized spacial score (nSPS) is 10.1. The molecule has 0 N–H and O–H groups in total. The Morgan fingerprint density at radius 1 is 1.67 bits per heavy atom. The molecule has 1 rings (SSSR count). The lowest BCUT2D eigenvalue weighted by molar-refractivity contribution is 0.572. The third-order valence-electron chi connectivity index (χ3n) is 1.18. The van der Waals surface area contributed by atoms with Gasteiger partial charge in [0.25, 0.3) is 0 Å². The highest BCUT2D eigenvalue weighted by Crippen LogP contribution is 2.11. The molecule has 0 atom stereocenters. The van der Waals surface area contributed by atoms with E-state index in [0.717, 1.165) is 0 Å². The molecule has 0 unspecified atom stereocenters. The first-order chi connectivity index (χ1) is 4.25. The molecule has 1 heterocycles. The van der Waals surface area contributed by atoms with Crippen molar-refractivity contribution in [3.63, 3.8) is 0 Å². The van der Waals surface area contributed by atoms with Gasteiger partial charge in [0, 0.05) is 18.0 Å². The minimum atomic E-state index is -0.150. The molecule has 0 saturated heterocycles. The molecule has 1 aromatic rings. The number of halogens is 1. The van der Waals surface area contributed by atoms with E-state index in [9.17, 15) is 4.39 Å². The highest BCUT2D eigenvalue weighted by Gasteiger charge is 2.00.